The summed E-state index contributed by atoms with van der Waals surface area (Å²) < 4.78 is 6.01. The van der Waals surface area contributed by atoms with Crippen LogP contribution in [0.25, 0.3) is 0 Å². The Hall–Kier alpha value is -1.51. The predicted octanol–water partition coefficient (Wildman–Crippen LogP) is 3.78. The molecule has 20 heavy (non-hydrogen) atoms. The molecule has 2 nitrogen and oxygen atoms in total. The normalized spacial score (nSPS) is 16.4. The molecule has 2 aromatic rings. The molecular weight excluding hydrogens is 270 g/mol. The van der Waals surface area contributed by atoms with Crippen LogP contribution in [0.15, 0.2) is 42.5 Å². The fourth-order valence-corrected chi connectivity index (χ4v) is 2.96. The monoisotopic (exact) mass is 287 g/mol. The van der Waals surface area contributed by atoms with Crippen LogP contribution >= 0.6 is 11.6 Å². The molecule has 0 bridgehead atoms. The fraction of sp³-hybridized carbons (Fsp3) is 0.294. The highest BCUT2D eigenvalue weighted by molar-refractivity contribution is 6.31. The van der Waals surface area contributed by atoms with Crippen LogP contribution in [-0.4, -0.2) is 13.7 Å². The van der Waals surface area contributed by atoms with Crippen molar-refractivity contribution in [2.24, 2.45) is 0 Å². The van der Waals surface area contributed by atoms with Gasteiger partial charge in [-0.05, 0) is 36.7 Å². The summed E-state index contributed by atoms with van der Waals surface area (Å²) in [5.74, 6) is 1.39. The van der Waals surface area contributed by atoms with Gasteiger partial charge >= 0.3 is 0 Å². The minimum atomic E-state index is 0.507. The Bertz CT molecular complexity index is 612. The van der Waals surface area contributed by atoms with Gasteiger partial charge in [-0.3, -0.25) is 0 Å². The highest BCUT2D eigenvalue weighted by Crippen LogP contribution is 2.36. The molecular formula is C17H18ClNO. The van der Waals surface area contributed by atoms with E-state index in [0.717, 1.165) is 29.3 Å². The van der Waals surface area contributed by atoms with Crippen molar-refractivity contribution in [2.75, 3.05) is 13.7 Å². The average molecular weight is 288 g/mol. The molecule has 1 atom stereocenters. The second kappa shape index (κ2) is 5.86. The van der Waals surface area contributed by atoms with Crippen LogP contribution in [-0.2, 0) is 13.0 Å². The van der Waals surface area contributed by atoms with E-state index in [1.165, 1.54) is 11.1 Å². The zero-order valence-corrected chi connectivity index (χ0v) is 12.3. The van der Waals surface area contributed by atoms with Crippen molar-refractivity contribution in [1.82, 2.24) is 5.32 Å². The van der Waals surface area contributed by atoms with E-state index in [1.807, 2.05) is 25.2 Å². The standard InChI is InChI=1S/C17H18ClNO/c1-19-10-15-16(18)7-4-8-17(15)20-11-13-9-12-5-2-3-6-14(12)13/h2-8,13,19H,9-11H2,1H3. The maximum atomic E-state index is 6.23. The van der Waals surface area contributed by atoms with Crippen LogP contribution in [0.3, 0.4) is 0 Å². The number of hydrogen-bond acceptors (Lipinski definition) is 2. The second-order valence-electron chi connectivity index (χ2n) is 5.16. The second-order valence-corrected chi connectivity index (χ2v) is 5.56. The molecule has 104 valence electrons. The Morgan fingerprint density at radius 3 is 2.85 bits per heavy atom. The first-order chi connectivity index (χ1) is 9.79. The number of nitrogens with one attached hydrogen (secondary N) is 1. The number of hydrogen-bond donors (Lipinski definition) is 1. The van der Waals surface area contributed by atoms with E-state index in [4.69, 9.17) is 16.3 Å². The van der Waals surface area contributed by atoms with Gasteiger partial charge in [0.15, 0.2) is 0 Å². The SMILES string of the molecule is CNCc1c(Cl)cccc1OCC1Cc2ccccc21. The molecule has 0 aromatic heterocycles. The molecule has 2 aromatic carbocycles. The quantitative estimate of drug-likeness (QED) is 0.904. The van der Waals surface area contributed by atoms with Crippen molar-refractivity contribution >= 4 is 11.6 Å². The number of benzene rings is 2. The summed E-state index contributed by atoms with van der Waals surface area (Å²) in [7, 11) is 1.91. The lowest BCUT2D eigenvalue weighted by atomic mass is 9.78. The molecule has 0 saturated heterocycles. The zero-order valence-electron chi connectivity index (χ0n) is 11.5. The first-order valence-electron chi connectivity index (χ1n) is 6.92. The van der Waals surface area contributed by atoms with E-state index in [-0.39, 0.29) is 0 Å². The summed E-state index contributed by atoms with van der Waals surface area (Å²) in [6.07, 6.45) is 1.11. The topological polar surface area (TPSA) is 21.3 Å². The molecule has 0 saturated carbocycles. The minimum absolute atomic E-state index is 0.507. The number of rotatable bonds is 5. The largest absolute Gasteiger partial charge is 0.493 e. The molecule has 0 spiro atoms. The lowest BCUT2D eigenvalue weighted by Crippen LogP contribution is -2.23. The molecule has 0 aliphatic heterocycles. The van der Waals surface area contributed by atoms with Crippen molar-refractivity contribution in [2.45, 2.75) is 18.9 Å². The van der Waals surface area contributed by atoms with Gasteiger partial charge in [0, 0.05) is 23.0 Å². The summed E-state index contributed by atoms with van der Waals surface area (Å²) in [6, 6.07) is 14.4. The maximum absolute atomic E-state index is 6.23. The van der Waals surface area contributed by atoms with E-state index in [1.54, 1.807) is 0 Å². The Labute approximate surface area is 124 Å². The lowest BCUT2D eigenvalue weighted by molar-refractivity contribution is 0.272. The summed E-state index contributed by atoms with van der Waals surface area (Å²) in [6.45, 7) is 1.43. The molecule has 1 aliphatic carbocycles. The summed E-state index contributed by atoms with van der Waals surface area (Å²) >= 11 is 6.23. The van der Waals surface area contributed by atoms with Crippen LogP contribution < -0.4 is 10.1 Å². The van der Waals surface area contributed by atoms with Gasteiger partial charge in [0.1, 0.15) is 5.75 Å². The van der Waals surface area contributed by atoms with Crippen molar-refractivity contribution in [3.63, 3.8) is 0 Å². The summed E-state index contributed by atoms with van der Waals surface area (Å²) in [5.41, 5.74) is 3.90. The predicted molar refractivity (Wildman–Crippen MR) is 82.6 cm³/mol. The van der Waals surface area contributed by atoms with Gasteiger partial charge in [-0.15, -0.1) is 0 Å². The van der Waals surface area contributed by atoms with Gasteiger partial charge < -0.3 is 10.1 Å². The van der Waals surface area contributed by atoms with E-state index >= 15 is 0 Å². The van der Waals surface area contributed by atoms with Crippen LogP contribution in [0.4, 0.5) is 0 Å². The smallest absolute Gasteiger partial charge is 0.125 e. The van der Waals surface area contributed by atoms with Crippen molar-refractivity contribution in [3.05, 3.63) is 64.2 Å². The van der Waals surface area contributed by atoms with Crippen molar-refractivity contribution in [3.8, 4) is 5.75 Å². The molecule has 0 fully saturated rings. The number of ether oxygens (including phenoxy) is 1. The van der Waals surface area contributed by atoms with Gasteiger partial charge in [0.05, 0.1) is 6.61 Å². The Balaban J connectivity index is 1.69. The van der Waals surface area contributed by atoms with Gasteiger partial charge in [0.2, 0.25) is 0 Å². The molecule has 1 N–H and O–H groups in total. The third-order valence-electron chi connectivity index (χ3n) is 3.83. The highest BCUT2D eigenvalue weighted by atomic mass is 35.5. The first kappa shape index (κ1) is 13.5. The number of halogens is 1. The van der Waals surface area contributed by atoms with Crippen LogP contribution in [0, 0.1) is 0 Å². The maximum Gasteiger partial charge on any atom is 0.125 e. The van der Waals surface area contributed by atoms with Crippen LogP contribution in [0.5, 0.6) is 5.75 Å². The van der Waals surface area contributed by atoms with E-state index in [9.17, 15) is 0 Å². The Morgan fingerprint density at radius 2 is 2.05 bits per heavy atom. The molecule has 3 rings (SSSR count). The van der Waals surface area contributed by atoms with Crippen LogP contribution in [0.1, 0.15) is 22.6 Å². The summed E-state index contributed by atoms with van der Waals surface area (Å²) in [5, 5.41) is 3.89. The van der Waals surface area contributed by atoms with Gasteiger partial charge in [-0.2, -0.15) is 0 Å². The highest BCUT2D eigenvalue weighted by Gasteiger charge is 2.26. The fourth-order valence-electron chi connectivity index (χ4n) is 2.72. The van der Waals surface area contributed by atoms with Crippen molar-refractivity contribution in [1.29, 1.82) is 0 Å². The summed E-state index contributed by atoms with van der Waals surface area (Å²) in [4.78, 5) is 0. The Morgan fingerprint density at radius 1 is 1.20 bits per heavy atom. The van der Waals surface area contributed by atoms with Gasteiger partial charge in [-0.25, -0.2) is 0 Å². The molecule has 0 amide bonds. The first-order valence-corrected chi connectivity index (χ1v) is 7.30. The van der Waals surface area contributed by atoms with Crippen molar-refractivity contribution < 1.29 is 4.74 Å². The van der Waals surface area contributed by atoms with Gasteiger partial charge in [-0.1, -0.05) is 41.9 Å². The van der Waals surface area contributed by atoms with Crippen LogP contribution in [0.2, 0.25) is 5.02 Å². The van der Waals surface area contributed by atoms with Gasteiger partial charge in [0.25, 0.3) is 0 Å². The number of fused-ring (bicyclic) bond motifs is 1. The molecule has 1 unspecified atom stereocenters. The average Bonchev–Trinajstić information content (AvgIpc) is 2.43. The van der Waals surface area contributed by atoms with E-state index in [2.05, 4.69) is 29.6 Å². The van der Waals surface area contributed by atoms with E-state index < -0.39 is 0 Å². The van der Waals surface area contributed by atoms with E-state index in [0.29, 0.717) is 12.5 Å². The molecule has 3 heteroatoms. The molecule has 0 heterocycles. The third-order valence-corrected chi connectivity index (χ3v) is 4.18. The molecule has 1 aliphatic rings. The molecule has 0 radical (unpaired) electrons. The zero-order chi connectivity index (χ0) is 13.9. The Kier molecular flexibility index (Phi) is 3.95. The minimum Gasteiger partial charge on any atom is -0.493 e. The lowest BCUT2D eigenvalue weighted by Gasteiger charge is -2.30. The third kappa shape index (κ3) is 2.54.